The van der Waals surface area contributed by atoms with Gasteiger partial charge in [-0.25, -0.2) is 0 Å². The Hall–Kier alpha value is -1.64. The van der Waals surface area contributed by atoms with Crippen molar-refractivity contribution in [2.45, 2.75) is 42.6 Å². The highest BCUT2D eigenvalue weighted by Gasteiger charge is 2.26. The Morgan fingerprint density at radius 1 is 1.19 bits per heavy atom. The van der Waals surface area contributed by atoms with Crippen molar-refractivity contribution in [3.63, 3.8) is 0 Å². The number of halogens is 1. The zero-order valence-electron chi connectivity index (χ0n) is 20.8. The summed E-state index contributed by atoms with van der Waals surface area (Å²) in [4.78, 5) is 15.1. The van der Waals surface area contributed by atoms with Crippen LogP contribution in [0.2, 0.25) is 0 Å². The van der Waals surface area contributed by atoms with E-state index in [0.717, 1.165) is 38.6 Å². The number of nitrogens with zero attached hydrogens (tertiary/aromatic N) is 2. The molecule has 1 fully saturated rings. The van der Waals surface area contributed by atoms with Crippen LogP contribution in [0.15, 0.2) is 42.0 Å². The number of piperidine rings is 1. The maximum Gasteiger partial charge on any atom is 0.229 e. The summed E-state index contributed by atoms with van der Waals surface area (Å²) in [6, 6.07) is 15.3. The zero-order chi connectivity index (χ0) is 25.8. The molecule has 0 spiro atoms. The molecule has 1 aliphatic heterocycles. The van der Waals surface area contributed by atoms with E-state index in [0.29, 0.717) is 38.2 Å². The highest BCUT2D eigenvalue weighted by atomic mass is 127. The number of carbonyl (C=O) groups excluding carboxylic acids is 1. The fourth-order valence-electron chi connectivity index (χ4n) is 4.43. The van der Waals surface area contributed by atoms with Crippen LogP contribution in [0.3, 0.4) is 0 Å². The van der Waals surface area contributed by atoms with E-state index in [9.17, 15) is 10.1 Å². The van der Waals surface area contributed by atoms with Crippen LogP contribution in [0.4, 0.5) is 5.69 Å². The molecule has 0 bridgehead atoms. The van der Waals surface area contributed by atoms with Gasteiger partial charge in [0.1, 0.15) is 11.6 Å². The van der Waals surface area contributed by atoms with Crippen molar-refractivity contribution in [3.05, 3.63) is 47.5 Å². The molecule has 1 N–H and O–H groups in total. The largest absolute Gasteiger partial charge is 0.394 e. The number of benzene rings is 2. The van der Waals surface area contributed by atoms with E-state index in [-0.39, 0.29) is 17.3 Å². The number of nitriles is 1. The summed E-state index contributed by atoms with van der Waals surface area (Å²) >= 11 is 3.67. The van der Waals surface area contributed by atoms with Crippen LogP contribution in [0.5, 0.6) is 0 Å². The molecule has 3 rings (SSSR count). The second-order valence-corrected chi connectivity index (χ2v) is 11.6. The van der Waals surface area contributed by atoms with Crippen molar-refractivity contribution in [1.82, 2.24) is 0 Å². The van der Waals surface area contributed by atoms with Crippen LogP contribution in [0.1, 0.15) is 38.2 Å². The molecule has 2 atom stereocenters. The van der Waals surface area contributed by atoms with E-state index in [4.69, 9.17) is 14.6 Å². The molecular weight excluding hydrogens is 587 g/mol. The number of carbonyl (C=O) groups is 1. The number of aliphatic hydroxyl groups is 1. The molecule has 8 heteroatoms. The Morgan fingerprint density at radius 2 is 1.94 bits per heavy atom. The van der Waals surface area contributed by atoms with Gasteiger partial charge in [0.25, 0.3) is 0 Å². The van der Waals surface area contributed by atoms with Crippen LogP contribution >= 0.6 is 34.4 Å². The molecule has 6 nitrogen and oxygen atoms in total. The third kappa shape index (κ3) is 8.73. The van der Waals surface area contributed by atoms with Gasteiger partial charge in [-0.2, -0.15) is 5.26 Å². The third-order valence-corrected chi connectivity index (χ3v) is 8.16. The summed E-state index contributed by atoms with van der Waals surface area (Å²) in [5, 5.41) is 20.2. The number of rotatable bonds is 13. The van der Waals surface area contributed by atoms with E-state index in [1.165, 1.54) is 31.4 Å². The van der Waals surface area contributed by atoms with Gasteiger partial charge in [-0.05, 0) is 59.9 Å². The third-order valence-electron chi connectivity index (χ3n) is 6.17. The highest BCUT2D eigenvalue weighted by Crippen LogP contribution is 2.32. The highest BCUT2D eigenvalue weighted by molar-refractivity contribution is 14.1. The Morgan fingerprint density at radius 3 is 2.69 bits per heavy atom. The van der Waals surface area contributed by atoms with Gasteiger partial charge in [0, 0.05) is 28.0 Å². The lowest BCUT2D eigenvalue weighted by molar-refractivity contribution is -0.107. The standard InChI is InChI=1S/C28H35IN2O4S/c1-2-3-26-19-25(29)8-9-31(26)27-7-6-22-16-21(4-5-23(22)18-27)17-24(20-30)28(33)36-15-14-35-13-12-34-11-10-32/h4-7,16-18,25-26,32H,2-3,8-15,19H2,1H3/b24-17+. The number of anilines is 1. The first-order valence-electron chi connectivity index (χ1n) is 12.6. The number of alkyl halides is 1. The second kappa shape index (κ2) is 15.6. The topological polar surface area (TPSA) is 82.8 Å². The first kappa shape index (κ1) is 28.9. The Labute approximate surface area is 232 Å². The molecular formula is C28H35IN2O4S. The van der Waals surface area contributed by atoms with Gasteiger partial charge in [0.2, 0.25) is 5.12 Å². The van der Waals surface area contributed by atoms with Crippen molar-refractivity contribution < 1.29 is 19.4 Å². The molecule has 0 amide bonds. The van der Waals surface area contributed by atoms with Crippen molar-refractivity contribution in [3.8, 4) is 6.07 Å². The monoisotopic (exact) mass is 622 g/mol. The lowest BCUT2D eigenvalue weighted by atomic mass is 9.96. The van der Waals surface area contributed by atoms with Crippen molar-refractivity contribution >= 4 is 62.0 Å². The van der Waals surface area contributed by atoms with Crippen LogP contribution < -0.4 is 4.90 Å². The zero-order valence-corrected chi connectivity index (χ0v) is 23.8. The van der Waals surface area contributed by atoms with Crippen LogP contribution in [-0.4, -0.2) is 65.5 Å². The van der Waals surface area contributed by atoms with Crippen LogP contribution in [0.25, 0.3) is 16.8 Å². The van der Waals surface area contributed by atoms with Crippen LogP contribution in [0, 0.1) is 11.3 Å². The molecule has 0 aliphatic carbocycles. The number of hydrogen-bond acceptors (Lipinski definition) is 7. The smallest absolute Gasteiger partial charge is 0.229 e. The average molecular weight is 623 g/mol. The Bertz CT molecular complexity index is 1070. The maximum atomic E-state index is 12.5. The van der Waals surface area contributed by atoms with Crippen molar-refractivity contribution in [2.75, 3.05) is 50.2 Å². The van der Waals surface area contributed by atoms with Gasteiger partial charge in [-0.3, -0.25) is 4.79 Å². The van der Waals surface area contributed by atoms with Gasteiger partial charge in [0.15, 0.2) is 0 Å². The molecule has 1 heterocycles. The van der Waals surface area contributed by atoms with Crippen molar-refractivity contribution in [2.24, 2.45) is 0 Å². The lowest BCUT2D eigenvalue weighted by Gasteiger charge is -2.40. The van der Waals surface area contributed by atoms with Gasteiger partial charge in [-0.1, -0.05) is 65.9 Å². The summed E-state index contributed by atoms with van der Waals surface area (Å²) in [5.41, 5.74) is 2.25. The number of aliphatic hydroxyl groups excluding tert-OH is 1. The van der Waals surface area contributed by atoms with E-state index >= 15 is 0 Å². The van der Waals surface area contributed by atoms with E-state index in [2.05, 4.69) is 58.7 Å². The van der Waals surface area contributed by atoms with Gasteiger partial charge >= 0.3 is 0 Å². The minimum absolute atomic E-state index is 0.0108. The molecule has 0 aromatic heterocycles. The normalized spacial score (nSPS) is 18.4. The molecule has 36 heavy (non-hydrogen) atoms. The molecule has 1 saturated heterocycles. The summed E-state index contributed by atoms with van der Waals surface area (Å²) in [6.07, 6.45) is 6.53. The number of ether oxygens (including phenoxy) is 2. The van der Waals surface area contributed by atoms with E-state index < -0.39 is 0 Å². The maximum absolute atomic E-state index is 12.5. The van der Waals surface area contributed by atoms with Gasteiger partial charge in [-0.15, -0.1) is 0 Å². The Kier molecular flexibility index (Phi) is 12.5. The first-order valence-corrected chi connectivity index (χ1v) is 14.8. The minimum Gasteiger partial charge on any atom is -0.394 e. The SMILES string of the molecule is CCCC1CC(I)CCN1c1ccc2cc(/C=C(\C#N)C(=O)SCCOCCOCCO)ccc2c1. The van der Waals surface area contributed by atoms with Gasteiger partial charge < -0.3 is 19.5 Å². The van der Waals surface area contributed by atoms with Crippen molar-refractivity contribution in [1.29, 1.82) is 5.26 Å². The van der Waals surface area contributed by atoms with E-state index in [1.807, 2.05) is 18.2 Å². The lowest BCUT2D eigenvalue weighted by Crippen LogP contribution is -2.42. The number of thioether (sulfide) groups is 1. The second-order valence-electron chi connectivity index (χ2n) is 8.80. The molecule has 0 radical (unpaired) electrons. The summed E-state index contributed by atoms with van der Waals surface area (Å²) in [5.74, 6) is 0.464. The summed E-state index contributed by atoms with van der Waals surface area (Å²) < 4.78 is 11.3. The minimum atomic E-state index is -0.256. The summed E-state index contributed by atoms with van der Waals surface area (Å²) in [6.45, 7) is 4.84. The average Bonchev–Trinajstić information content (AvgIpc) is 2.88. The van der Waals surface area contributed by atoms with Gasteiger partial charge in [0.05, 0.1) is 33.0 Å². The molecule has 1 aliphatic rings. The molecule has 0 saturated carbocycles. The number of hydrogen-bond donors (Lipinski definition) is 1. The molecule has 194 valence electrons. The van der Waals surface area contributed by atoms with E-state index in [1.54, 1.807) is 6.08 Å². The number of fused-ring (bicyclic) bond motifs is 1. The summed E-state index contributed by atoms with van der Waals surface area (Å²) in [7, 11) is 0. The Balaban J connectivity index is 1.61. The molecule has 2 unspecified atom stereocenters. The predicted molar refractivity (Wildman–Crippen MR) is 157 cm³/mol. The fraction of sp³-hybridized carbons (Fsp3) is 0.500. The quantitative estimate of drug-likeness (QED) is 0.102. The predicted octanol–water partition coefficient (Wildman–Crippen LogP) is 5.60. The first-order chi connectivity index (χ1) is 17.5. The molecule has 2 aromatic carbocycles. The molecule has 2 aromatic rings. The van der Waals surface area contributed by atoms with Crippen LogP contribution in [-0.2, 0) is 14.3 Å². The fourth-order valence-corrected chi connectivity index (χ4v) is 5.94.